The highest BCUT2D eigenvalue weighted by Gasteiger charge is 2.22. The molecular formula is C6H14O8. The van der Waals surface area contributed by atoms with E-state index in [-0.39, 0.29) is 0 Å². The van der Waals surface area contributed by atoms with E-state index in [0.717, 1.165) is 0 Å². The second-order valence-electron chi connectivity index (χ2n) is 2.27. The highest BCUT2D eigenvalue weighted by molar-refractivity contribution is 5.53. The maximum atomic E-state index is 8.77. The van der Waals surface area contributed by atoms with Gasteiger partial charge in [0.15, 0.2) is 0 Å². The Balaban J connectivity index is 0. The van der Waals surface area contributed by atoms with Crippen LogP contribution in [0.2, 0.25) is 0 Å². The van der Waals surface area contributed by atoms with E-state index >= 15 is 0 Å². The highest BCUT2D eigenvalue weighted by atomic mass is 16.6. The second kappa shape index (κ2) is 8.66. The second-order valence-corrected chi connectivity index (χ2v) is 2.27. The fourth-order valence-electron chi connectivity index (χ4n) is 0.472. The summed E-state index contributed by atoms with van der Waals surface area (Å²) in [6, 6.07) is 0. The molecule has 0 aliphatic rings. The van der Waals surface area contributed by atoms with Crippen LogP contribution in [-0.2, 0) is 0 Å². The van der Waals surface area contributed by atoms with Crippen LogP contribution < -0.4 is 0 Å². The number of carboxylic acid groups (broad SMARTS) is 2. The molecular weight excluding hydrogens is 200 g/mol. The van der Waals surface area contributed by atoms with Crippen LogP contribution in [-0.4, -0.2) is 73.4 Å². The third-order valence-electron chi connectivity index (χ3n) is 1.16. The van der Waals surface area contributed by atoms with Crippen LogP contribution in [0.3, 0.4) is 0 Å². The maximum absolute atomic E-state index is 8.77. The summed E-state index contributed by atoms with van der Waals surface area (Å²) < 4.78 is 0. The molecule has 8 heteroatoms. The lowest BCUT2D eigenvalue weighted by atomic mass is 10.1. The van der Waals surface area contributed by atoms with Crippen molar-refractivity contribution in [2.24, 2.45) is 0 Å². The Morgan fingerprint density at radius 2 is 1.14 bits per heavy atom. The molecule has 2 unspecified atom stereocenters. The zero-order valence-corrected chi connectivity index (χ0v) is 7.19. The first kappa shape index (κ1) is 15.5. The molecule has 0 aliphatic carbocycles. The molecule has 0 spiro atoms. The number of hydrogen-bond acceptors (Lipinski definition) is 6. The first-order valence-corrected chi connectivity index (χ1v) is 3.54. The van der Waals surface area contributed by atoms with E-state index in [4.69, 9.17) is 40.5 Å². The average molecular weight is 214 g/mol. The van der Waals surface area contributed by atoms with Crippen LogP contribution in [0.1, 0.15) is 0 Å². The number of carbonyl (C=O) groups is 1. The molecule has 0 bridgehead atoms. The highest BCUT2D eigenvalue weighted by Crippen LogP contribution is 1.97. The molecule has 0 amide bonds. The van der Waals surface area contributed by atoms with E-state index in [2.05, 4.69) is 0 Å². The van der Waals surface area contributed by atoms with Gasteiger partial charge in [-0.3, -0.25) is 0 Å². The monoisotopic (exact) mass is 214 g/mol. The first-order chi connectivity index (χ1) is 6.36. The lowest BCUT2D eigenvalue weighted by Gasteiger charge is -2.19. The van der Waals surface area contributed by atoms with E-state index in [1.165, 1.54) is 0 Å². The van der Waals surface area contributed by atoms with E-state index in [9.17, 15) is 0 Å². The lowest BCUT2D eigenvalue weighted by Crippen LogP contribution is -2.41. The van der Waals surface area contributed by atoms with Gasteiger partial charge in [-0.25, -0.2) is 4.79 Å². The quantitative estimate of drug-likeness (QED) is 0.266. The summed E-state index contributed by atoms with van der Waals surface area (Å²) in [6.45, 7) is -1.28. The van der Waals surface area contributed by atoms with Crippen molar-refractivity contribution in [3.63, 3.8) is 0 Å². The van der Waals surface area contributed by atoms with Crippen LogP contribution in [0.15, 0.2) is 0 Å². The maximum Gasteiger partial charge on any atom is 0.503 e. The van der Waals surface area contributed by atoms with Gasteiger partial charge in [0.2, 0.25) is 0 Å². The summed E-state index contributed by atoms with van der Waals surface area (Å²) in [6.07, 6.45) is -6.13. The van der Waals surface area contributed by atoms with Crippen molar-refractivity contribution in [2.45, 2.75) is 18.3 Å². The number of aliphatic hydroxyl groups is 5. The lowest BCUT2D eigenvalue weighted by molar-refractivity contribution is -0.0900. The van der Waals surface area contributed by atoms with Crippen molar-refractivity contribution in [2.75, 3.05) is 13.2 Å². The van der Waals surface area contributed by atoms with Gasteiger partial charge in [0, 0.05) is 0 Å². The van der Waals surface area contributed by atoms with Crippen molar-refractivity contribution in [3.8, 4) is 0 Å². The molecule has 86 valence electrons. The van der Waals surface area contributed by atoms with Gasteiger partial charge in [-0.1, -0.05) is 0 Å². The summed E-state index contributed by atoms with van der Waals surface area (Å²) in [5.74, 6) is 0. The molecule has 2 atom stereocenters. The number of aliphatic hydroxyl groups excluding tert-OH is 5. The Labute approximate surface area is 79.3 Å². The largest absolute Gasteiger partial charge is 0.503 e. The van der Waals surface area contributed by atoms with Crippen LogP contribution >= 0.6 is 0 Å². The minimum Gasteiger partial charge on any atom is -0.450 e. The van der Waals surface area contributed by atoms with Crippen molar-refractivity contribution in [3.05, 3.63) is 0 Å². The molecule has 0 heterocycles. The molecule has 0 aromatic heterocycles. The molecule has 0 radical (unpaired) electrons. The van der Waals surface area contributed by atoms with Gasteiger partial charge < -0.3 is 35.7 Å². The molecule has 0 fully saturated rings. The summed E-state index contributed by atoms with van der Waals surface area (Å²) in [7, 11) is 0. The third kappa shape index (κ3) is 9.16. The molecule has 14 heavy (non-hydrogen) atoms. The number of hydrogen-bond donors (Lipinski definition) is 7. The van der Waals surface area contributed by atoms with E-state index in [1.807, 2.05) is 0 Å². The van der Waals surface area contributed by atoms with Crippen LogP contribution in [0, 0.1) is 0 Å². The predicted molar refractivity (Wildman–Crippen MR) is 42.8 cm³/mol. The van der Waals surface area contributed by atoms with Crippen molar-refractivity contribution in [1.82, 2.24) is 0 Å². The Morgan fingerprint density at radius 1 is 0.929 bits per heavy atom. The molecule has 7 N–H and O–H groups in total. The third-order valence-corrected chi connectivity index (χ3v) is 1.16. The van der Waals surface area contributed by atoms with Gasteiger partial charge in [0.1, 0.15) is 18.3 Å². The Kier molecular flexibility index (Phi) is 9.61. The zero-order valence-electron chi connectivity index (χ0n) is 7.19. The zero-order chi connectivity index (χ0) is 11.7. The standard InChI is InChI=1S/C5H12O5.CH2O3/c6-1-3(8)5(10)4(9)2-7;2-1(3)4/h3-10H,1-2H2;(H2,2,3,4). The van der Waals surface area contributed by atoms with Crippen molar-refractivity contribution >= 4 is 6.16 Å². The van der Waals surface area contributed by atoms with Gasteiger partial charge in [-0.15, -0.1) is 0 Å². The molecule has 0 rings (SSSR count). The van der Waals surface area contributed by atoms with E-state index in [1.54, 1.807) is 0 Å². The Hall–Kier alpha value is -0.930. The van der Waals surface area contributed by atoms with Gasteiger partial charge >= 0.3 is 6.16 Å². The van der Waals surface area contributed by atoms with Crippen LogP contribution in [0.4, 0.5) is 4.79 Å². The molecule has 0 aliphatic heterocycles. The van der Waals surface area contributed by atoms with Crippen molar-refractivity contribution < 1.29 is 40.5 Å². The van der Waals surface area contributed by atoms with Gasteiger partial charge in [0.25, 0.3) is 0 Å². The van der Waals surface area contributed by atoms with Crippen LogP contribution in [0.25, 0.3) is 0 Å². The normalized spacial score (nSPS) is 16.1. The Morgan fingerprint density at radius 3 is 1.29 bits per heavy atom. The smallest absolute Gasteiger partial charge is 0.450 e. The fraction of sp³-hybridized carbons (Fsp3) is 0.833. The molecule has 0 aromatic carbocycles. The van der Waals surface area contributed by atoms with E-state index in [0.29, 0.717) is 0 Å². The SMILES string of the molecule is O=C(O)O.OCC(O)C(O)C(O)CO. The topological polar surface area (TPSA) is 159 Å². The van der Waals surface area contributed by atoms with Gasteiger partial charge in [-0.05, 0) is 0 Å². The van der Waals surface area contributed by atoms with Crippen molar-refractivity contribution in [1.29, 1.82) is 0 Å². The molecule has 0 saturated carbocycles. The summed E-state index contributed by atoms with van der Waals surface area (Å²) in [5.41, 5.74) is 0. The summed E-state index contributed by atoms with van der Waals surface area (Å²) in [5, 5.41) is 56.5. The summed E-state index contributed by atoms with van der Waals surface area (Å²) >= 11 is 0. The summed E-state index contributed by atoms with van der Waals surface area (Å²) in [4.78, 5) is 8.56. The molecule has 0 saturated heterocycles. The molecule has 0 aromatic rings. The minimum atomic E-state index is -1.83. The fourth-order valence-corrected chi connectivity index (χ4v) is 0.472. The van der Waals surface area contributed by atoms with Crippen LogP contribution in [0.5, 0.6) is 0 Å². The Bertz CT molecular complexity index is 135. The average Bonchev–Trinajstić information content (AvgIpc) is 2.13. The molecule has 8 nitrogen and oxygen atoms in total. The predicted octanol–water partition coefficient (Wildman–Crippen LogP) is -2.72. The van der Waals surface area contributed by atoms with E-state index < -0.39 is 37.7 Å². The van der Waals surface area contributed by atoms with Gasteiger partial charge in [-0.2, -0.15) is 0 Å². The first-order valence-electron chi connectivity index (χ1n) is 3.54. The minimum absolute atomic E-state index is 0.641. The van der Waals surface area contributed by atoms with Gasteiger partial charge in [0.05, 0.1) is 13.2 Å². The number of rotatable bonds is 4.